The van der Waals surface area contributed by atoms with Gasteiger partial charge < -0.3 is 20.1 Å². The van der Waals surface area contributed by atoms with Crippen molar-refractivity contribution < 1.29 is 18.6 Å². The van der Waals surface area contributed by atoms with Gasteiger partial charge in [0.15, 0.2) is 5.82 Å². The lowest BCUT2D eigenvalue weighted by molar-refractivity contribution is 0.107. The number of phenolic OH excluding ortho intramolecular Hbond substituents is 1. The number of hydrogen-bond donors (Lipinski definition) is 2. The molecule has 41 heavy (non-hydrogen) atoms. The van der Waals surface area contributed by atoms with Crippen LogP contribution >= 0.6 is 0 Å². The van der Waals surface area contributed by atoms with E-state index in [0.29, 0.717) is 48.4 Å². The molecule has 0 radical (unpaired) electrons. The predicted molar refractivity (Wildman–Crippen MR) is 154 cm³/mol. The predicted octanol–water partition coefficient (Wildman–Crippen LogP) is 5.09. The maximum Gasteiger partial charge on any atom is 0.319 e. The Balaban J connectivity index is 1.23. The molecule has 5 heterocycles. The highest BCUT2D eigenvalue weighted by molar-refractivity contribution is 5.94. The molecule has 1 unspecified atom stereocenters. The van der Waals surface area contributed by atoms with Crippen LogP contribution in [0.4, 0.5) is 14.6 Å². The van der Waals surface area contributed by atoms with Gasteiger partial charge in [0.25, 0.3) is 0 Å². The molecule has 0 saturated carbocycles. The number of phenols is 1. The zero-order valence-corrected chi connectivity index (χ0v) is 23.5. The number of halogens is 2. The summed E-state index contributed by atoms with van der Waals surface area (Å²) in [6, 6.07) is 8.14. The average Bonchev–Trinajstić information content (AvgIpc) is 3.69. The average molecular weight is 562 g/mol. The van der Waals surface area contributed by atoms with E-state index >= 15 is 4.39 Å². The number of aromatic hydroxyl groups is 1. The number of rotatable bonds is 5. The third-order valence-corrected chi connectivity index (χ3v) is 10.4. The minimum Gasteiger partial charge on any atom is -0.508 e. The fourth-order valence-electron chi connectivity index (χ4n) is 8.48. The summed E-state index contributed by atoms with van der Waals surface area (Å²) in [5.41, 5.74) is 3.24. The molecule has 5 atom stereocenters. The summed E-state index contributed by atoms with van der Waals surface area (Å²) < 4.78 is 37.4. The van der Waals surface area contributed by atoms with Gasteiger partial charge in [-0.2, -0.15) is 9.97 Å². The van der Waals surface area contributed by atoms with Crippen LogP contribution in [0.25, 0.3) is 22.0 Å². The Bertz CT molecular complexity index is 1520. The number of piperazine rings is 1. The van der Waals surface area contributed by atoms with Crippen LogP contribution in [0.2, 0.25) is 0 Å². The van der Waals surface area contributed by atoms with Crippen LogP contribution in [-0.2, 0) is 6.42 Å². The normalized spacial score (nSPS) is 30.8. The van der Waals surface area contributed by atoms with Gasteiger partial charge in [0.05, 0.1) is 5.54 Å². The van der Waals surface area contributed by atoms with Crippen molar-refractivity contribution in [1.29, 1.82) is 0 Å². The summed E-state index contributed by atoms with van der Waals surface area (Å²) in [6.07, 6.45) is 5.60. The van der Waals surface area contributed by atoms with Crippen LogP contribution in [0.15, 0.2) is 24.3 Å². The number of alkyl halides is 1. The van der Waals surface area contributed by atoms with Crippen LogP contribution in [0.3, 0.4) is 0 Å². The highest BCUT2D eigenvalue weighted by Gasteiger charge is 2.49. The Kier molecular flexibility index (Phi) is 5.94. The number of nitrogens with one attached hydrogen (secondary N) is 1. The number of benzene rings is 2. The Morgan fingerprint density at radius 3 is 2.76 bits per heavy atom. The molecule has 7 nitrogen and oxygen atoms in total. The summed E-state index contributed by atoms with van der Waals surface area (Å²) in [7, 11) is 0. The number of anilines is 1. The van der Waals surface area contributed by atoms with Crippen LogP contribution < -0.4 is 15.0 Å². The van der Waals surface area contributed by atoms with E-state index in [2.05, 4.69) is 27.0 Å². The van der Waals surface area contributed by atoms with Gasteiger partial charge >= 0.3 is 6.01 Å². The van der Waals surface area contributed by atoms with Crippen LogP contribution in [0.1, 0.15) is 62.5 Å². The number of nitrogens with zero attached hydrogens (tertiary/aromatic N) is 4. The van der Waals surface area contributed by atoms with Crippen molar-refractivity contribution in [3.63, 3.8) is 0 Å². The van der Waals surface area contributed by atoms with Gasteiger partial charge in [-0.3, -0.25) is 4.90 Å². The molecule has 4 aliphatic heterocycles. The molecule has 2 bridgehead atoms. The first kappa shape index (κ1) is 25.7. The highest BCUT2D eigenvalue weighted by atomic mass is 19.1. The quantitative estimate of drug-likeness (QED) is 0.450. The fraction of sp³-hybridized carbons (Fsp3) is 0.562. The molecule has 8 rings (SSSR count). The number of aromatic nitrogens is 2. The van der Waals surface area contributed by atoms with Gasteiger partial charge in [-0.15, -0.1) is 0 Å². The molecule has 2 N–H and O–H groups in total. The molecule has 2 aromatic carbocycles. The molecule has 0 amide bonds. The molecular formula is C32H37F2N5O2. The van der Waals surface area contributed by atoms with E-state index in [1.807, 2.05) is 18.2 Å². The third kappa shape index (κ3) is 4.18. The molecule has 3 aromatic rings. The van der Waals surface area contributed by atoms with E-state index in [4.69, 9.17) is 9.72 Å². The second kappa shape index (κ2) is 9.49. The van der Waals surface area contributed by atoms with E-state index < -0.39 is 12.0 Å². The lowest BCUT2D eigenvalue weighted by atomic mass is 9.91. The number of hydrogen-bond acceptors (Lipinski definition) is 7. The number of ether oxygens (including phenoxy) is 1. The van der Waals surface area contributed by atoms with Gasteiger partial charge in [-0.05, 0) is 85.9 Å². The van der Waals surface area contributed by atoms with Crippen molar-refractivity contribution in [2.24, 2.45) is 0 Å². The van der Waals surface area contributed by atoms with Crippen LogP contribution in [-0.4, -0.2) is 76.6 Å². The molecule has 9 heteroatoms. The third-order valence-electron chi connectivity index (χ3n) is 10.4. The highest BCUT2D eigenvalue weighted by Crippen LogP contribution is 2.45. The minimum atomic E-state index is -0.852. The number of fused-ring (bicyclic) bond motifs is 5. The zero-order chi connectivity index (χ0) is 27.9. The first-order chi connectivity index (χ1) is 19.9. The van der Waals surface area contributed by atoms with E-state index in [0.717, 1.165) is 74.8 Å². The minimum absolute atomic E-state index is 0.146. The molecule has 1 aromatic heterocycles. The summed E-state index contributed by atoms with van der Waals surface area (Å²) in [5, 5.41) is 14.8. The number of aryl methyl sites for hydroxylation is 1. The van der Waals surface area contributed by atoms with Crippen LogP contribution in [0.5, 0.6) is 11.8 Å². The molecule has 216 valence electrons. The maximum atomic E-state index is 16.7. The van der Waals surface area contributed by atoms with Crippen molar-refractivity contribution in [2.75, 3.05) is 37.7 Å². The lowest BCUT2D eigenvalue weighted by Crippen LogP contribution is -2.51. The van der Waals surface area contributed by atoms with Gasteiger partial charge in [0.2, 0.25) is 0 Å². The van der Waals surface area contributed by atoms with Crippen molar-refractivity contribution in [3.8, 4) is 22.9 Å². The molecule has 4 saturated heterocycles. The Labute approximate surface area is 238 Å². The Hall–Kier alpha value is -3.04. The van der Waals surface area contributed by atoms with Gasteiger partial charge in [0.1, 0.15) is 29.9 Å². The largest absolute Gasteiger partial charge is 0.508 e. The zero-order valence-electron chi connectivity index (χ0n) is 23.5. The standard InChI is InChI=1S/C32H37F2N5O2/c1-18-3-4-19-11-23(40)12-26(27(18)19)24-7-8-25-29(28(24)34)36-31(37-30(25)38-15-21-5-6-22(16-38)35-21)41-17-32-9-2-10-39(32)14-20(33)13-32/h7-8,11-12,18,20-22,35,40H,2-6,9-10,13-17H2,1H3/t18?,20-,21-,22+,32+/m1/s1. The van der Waals surface area contributed by atoms with Gasteiger partial charge in [-0.25, -0.2) is 8.78 Å². The smallest absolute Gasteiger partial charge is 0.319 e. The molecule has 4 fully saturated rings. The Morgan fingerprint density at radius 2 is 1.93 bits per heavy atom. The second-order valence-corrected chi connectivity index (χ2v) is 13.1. The SMILES string of the molecule is CC1CCc2cc(O)cc(-c3ccc4c(N5C[C@H]6CC[C@@H](C5)N6)nc(OC[C@@]56CCCN5C[C@H](F)C6)nc4c3F)c21. The second-order valence-electron chi connectivity index (χ2n) is 13.1. The summed E-state index contributed by atoms with van der Waals surface area (Å²) >= 11 is 0. The molecular weight excluding hydrogens is 524 g/mol. The van der Waals surface area contributed by atoms with E-state index in [9.17, 15) is 9.50 Å². The van der Waals surface area contributed by atoms with Gasteiger partial charge in [0, 0.05) is 49.1 Å². The van der Waals surface area contributed by atoms with E-state index in [1.54, 1.807) is 6.07 Å². The maximum absolute atomic E-state index is 16.7. The summed E-state index contributed by atoms with van der Waals surface area (Å²) in [6.45, 7) is 5.37. The van der Waals surface area contributed by atoms with Crippen LogP contribution in [0, 0.1) is 5.82 Å². The monoisotopic (exact) mass is 561 g/mol. The topological polar surface area (TPSA) is 73.8 Å². The summed E-state index contributed by atoms with van der Waals surface area (Å²) in [5.74, 6) is 0.704. The van der Waals surface area contributed by atoms with Crippen molar-refractivity contribution in [3.05, 3.63) is 41.2 Å². The first-order valence-electron chi connectivity index (χ1n) is 15.3. The van der Waals surface area contributed by atoms with Crippen molar-refractivity contribution >= 4 is 16.7 Å². The van der Waals surface area contributed by atoms with Crippen molar-refractivity contribution in [2.45, 2.75) is 81.6 Å². The fourth-order valence-corrected chi connectivity index (χ4v) is 8.48. The van der Waals surface area contributed by atoms with E-state index in [1.165, 1.54) is 0 Å². The lowest BCUT2D eigenvalue weighted by Gasteiger charge is -2.34. The van der Waals surface area contributed by atoms with E-state index in [-0.39, 0.29) is 28.7 Å². The Morgan fingerprint density at radius 1 is 1.10 bits per heavy atom. The molecule has 1 aliphatic carbocycles. The summed E-state index contributed by atoms with van der Waals surface area (Å²) in [4.78, 5) is 14.0. The molecule has 0 spiro atoms. The molecule has 5 aliphatic rings. The van der Waals surface area contributed by atoms with Gasteiger partial charge in [-0.1, -0.05) is 13.0 Å². The van der Waals surface area contributed by atoms with Crippen molar-refractivity contribution in [1.82, 2.24) is 20.2 Å². The first-order valence-corrected chi connectivity index (χ1v) is 15.3.